The van der Waals surface area contributed by atoms with Crippen molar-refractivity contribution < 1.29 is 19.4 Å². The number of ether oxygens (including phenoxy) is 2. The van der Waals surface area contributed by atoms with Crippen LogP contribution in [-0.4, -0.2) is 37.0 Å². The summed E-state index contributed by atoms with van der Waals surface area (Å²) >= 11 is 0. The van der Waals surface area contributed by atoms with Gasteiger partial charge >= 0.3 is 5.97 Å². The topological polar surface area (TPSA) is 55.8 Å². The van der Waals surface area contributed by atoms with E-state index in [1.165, 1.54) is 231 Å². The van der Waals surface area contributed by atoms with Crippen molar-refractivity contribution in [2.75, 3.05) is 19.8 Å². The zero-order valence-corrected chi connectivity index (χ0v) is 35.2. The van der Waals surface area contributed by atoms with Gasteiger partial charge in [0, 0.05) is 19.6 Å². The van der Waals surface area contributed by atoms with Gasteiger partial charge in [-0.2, -0.15) is 0 Å². The lowest BCUT2D eigenvalue weighted by atomic mass is 10.0. The number of aliphatic carboxylic acids is 1. The Bertz CT molecular complexity index is 638. The van der Waals surface area contributed by atoms with Crippen molar-refractivity contribution in [1.82, 2.24) is 0 Å². The van der Waals surface area contributed by atoms with E-state index in [2.05, 4.69) is 13.8 Å². The fourth-order valence-electron chi connectivity index (χ4n) is 7.44. The van der Waals surface area contributed by atoms with Gasteiger partial charge in [0.2, 0.25) is 0 Å². The molecule has 0 aromatic carbocycles. The molecule has 0 saturated carbocycles. The van der Waals surface area contributed by atoms with Crippen LogP contribution in [0.25, 0.3) is 0 Å². The zero-order chi connectivity index (χ0) is 37.0. The van der Waals surface area contributed by atoms with E-state index in [-0.39, 0.29) is 6.10 Å². The van der Waals surface area contributed by atoms with Gasteiger partial charge < -0.3 is 14.6 Å². The second kappa shape index (κ2) is 45.5. The van der Waals surface area contributed by atoms with Gasteiger partial charge in [-0.25, -0.2) is 0 Å². The first-order valence-electron chi connectivity index (χ1n) is 23.6. The summed E-state index contributed by atoms with van der Waals surface area (Å²) in [6, 6.07) is 0. The average Bonchev–Trinajstić information content (AvgIpc) is 3.12. The Labute approximate surface area is 321 Å². The third-order valence-corrected chi connectivity index (χ3v) is 11.0. The SMILES string of the molecule is CCCCCCCCCCCCCCCCOCC(CCCCCCCCCCCCC(=O)O)OCCCCCCCCCCCCCCCC. The Morgan fingerprint density at radius 3 is 1.04 bits per heavy atom. The van der Waals surface area contributed by atoms with Crippen molar-refractivity contribution in [1.29, 1.82) is 0 Å². The molecular weight excluding hydrogens is 629 g/mol. The van der Waals surface area contributed by atoms with Crippen molar-refractivity contribution in [3.8, 4) is 0 Å². The predicted octanol–water partition coefficient (Wildman–Crippen LogP) is 16.1. The molecule has 0 spiro atoms. The van der Waals surface area contributed by atoms with Gasteiger partial charge in [0.1, 0.15) is 0 Å². The lowest BCUT2D eigenvalue weighted by Crippen LogP contribution is -2.21. The van der Waals surface area contributed by atoms with Crippen LogP contribution in [0.4, 0.5) is 0 Å². The maximum Gasteiger partial charge on any atom is 0.303 e. The van der Waals surface area contributed by atoms with Crippen LogP contribution < -0.4 is 0 Å². The second-order valence-electron chi connectivity index (χ2n) is 16.2. The van der Waals surface area contributed by atoms with Gasteiger partial charge in [0.25, 0.3) is 0 Å². The highest BCUT2D eigenvalue weighted by molar-refractivity contribution is 5.66. The van der Waals surface area contributed by atoms with Crippen LogP contribution in [0, 0.1) is 0 Å². The molecule has 306 valence electrons. The number of carboxylic acids is 1. The first kappa shape index (κ1) is 50.4. The van der Waals surface area contributed by atoms with Crippen molar-refractivity contribution in [2.45, 2.75) is 277 Å². The van der Waals surface area contributed by atoms with Gasteiger partial charge in [0.05, 0.1) is 12.7 Å². The summed E-state index contributed by atoms with van der Waals surface area (Å²) in [5, 5.41) is 8.75. The Morgan fingerprint density at radius 2 is 0.686 bits per heavy atom. The molecule has 1 N–H and O–H groups in total. The molecule has 4 heteroatoms. The summed E-state index contributed by atoms with van der Waals surface area (Å²) in [4.78, 5) is 10.6. The minimum absolute atomic E-state index is 0.268. The summed E-state index contributed by atoms with van der Waals surface area (Å²) in [6.45, 7) is 7.17. The number of unbranched alkanes of at least 4 members (excludes halogenated alkanes) is 35. The van der Waals surface area contributed by atoms with Crippen LogP contribution in [0.2, 0.25) is 0 Å². The van der Waals surface area contributed by atoms with Gasteiger partial charge in [-0.15, -0.1) is 0 Å². The van der Waals surface area contributed by atoms with E-state index in [0.29, 0.717) is 6.42 Å². The number of carbonyl (C=O) groups is 1. The quantitative estimate of drug-likeness (QED) is 0.0636. The lowest BCUT2D eigenvalue weighted by molar-refractivity contribution is -0.137. The highest BCUT2D eigenvalue weighted by Gasteiger charge is 2.10. The van der Waals surface area contributed by atoms with E-state index in [4.69, 9.17) is 14.6 Å². The summed E-state index contributed by atoms with van der Waals surface area (Å²) in [5.74, 6) is -0.658. The Hall–Kier alpha value is -0.610. The summed E-state index contributed by atoms with van der Waals surface area (Å²) in [6.07, 6.45) is 53.0. The molecule has 0 aliphatic heterocycles. The highest BCUT2D eigenvalue weighted by atomic mass is 16.5. The number of hydrogen-bond donors (Lipinski definition) is 1. The number of carboxylic acid groups (broad SMARTS) is 1. The first-order chi connectivity index (χ1) is 25.2. The fourth-order valence-corrected chi connectivity index (χ4v) is 7.44. The molecule has 0 aromatic heterocycles. The molecule has 0 saturated heterocycles. The molecule has 0 aliphatic rings. The maximum absolute atomic E-state index is 10.6. The highest BCUT2D eigenvalue weighted by Crippen LogP contribution is 2.17. The standard InChI is InChI=1S/C47H94O4/c1-3-5-7-9-11-13-15-17-19-23-27-31-35-39-43-50-45-46(41-37-33-29-25-21-22-26-30-34-38-42-47(48)49)51-44-40-36-32-28-24-20-18-16-14-12-10-8-6-4-2/h46H,3-45H2,1-2H3,(H,48,49). The van der Waals surface area contributed by atoms with E-state index in [9.17, 15) is 4.79 Å². The lowest BCUT2D eigenvalue weighted by Gasteiger charge is -2.18. The third kappa shape index (κ3) is 45.5. The van der Waals surface area contributed by atoms with E-state index >= 15 is 0 Å². The summed E-state index contributed by atoms with van der Waals surface area (Å²) in [7, 11) is 0. The molecule has 1 unspecified atom stereocenters. The van der Waals surface area contributed by atoms with Crippen molar-refractivity contribution >= 4 is 5.97 Å². The second-order valence-corrected chi connectivity index (χ2v) is 16.2. The maximum atomic E-state index is 10.6. The summed E-state index contributed by atoms with van der Waals surface area (Å²) < 4.78 is 12.6. The van der Waals surface area contributed by atoms with Crippen molar-refractivity contribution in [3.63, 3.8) is 0 Å². The third-order valence-electron chi connectivity index (χ3n) is 11.0. The van der Waals surface area contributed by atoms with Crippen LogP contribution in [0.15, 0.2) is 0 Å². The van der Waals surface area contributed by atoms with Crippen LogP contribution in [0.3, 0.4) is 0 Å². The van der Waals surface area contributed by atoms with Gasteiger partial charge in [-0.05, 0) is 25.7 Å². The van der Waals surface area contributed by atoms with Gasteiger partial charge in [-0.1, -0.05) is 239 Å². The Balaban J connectivity index is 3.93. The normalized spacial score (nSPS) is 12.2. The monoisotopic (exact) mass is 723 g/mol. The van der Waals surface area contributed by atoms with Gasteiger partial charge in [-0.3, -0.25) is 4.79 Å². The van der Waals surface area contributed by atoms with E-state index < -0.39 is 5.97 Å². The predicted molar refractivity (Wildman–Crippen MR) is 224 cm³/mol. The van der Waals surface area contributed by atoms with E-state index in [1.807, 2.05) is 0 Å². The molecule has 0 heterocycles. The Kier molecular flexibility index (Phi) is 45.0. The molecule has 0 rings (SSSR count). The molecule has 0 radical (unpaired) electrons. The minimum Gasteiger partial charge on any atom is -0.481 e. The molecule has 4 nitrogen and oxygen atoms in total. The molecule has 0 aliphatic carbocycles. The molecule has 0 fully saturated rings. The molecule has 1 atom stereocenters. The molecular formula is C47H94O4. The van der Waals surface area contributed by atoms with Crippen LogP contribution in [0.1, 0.15) is 271 Å². The van der Waals surface area contributed by atoms with E-state index in [1.54, 1.807) is 0 Å². The average molecular weight is 723 g/mol. The molecule has 51 heavy (non-hydrogen) atoms. The fraction of sp³-hybridized carbons (Fsp3) is 0.979. The first-order valence-corrected chi connectivity index (χ1v) is 23.6. The molecule has 0 aromatic rings. The van der Waals surface area contributed by atoms with Crippen LogP contribution in [0.5, 0.6) is 0 Å². The minimum atomic E-state index is -0.658. The van der Waals surface area contributed by atoms with Crippen molar-refractivity contribution in [2.24, 2.45) is 0 Å². The van der Waals surface area contributed by atoms with Crippen LogP contribution in [-0.2, 0) is 14.3 Å². The summed E-state index contributed by atoms with van der Waals surface area (Å²) in [5.41, 5.74) is 0. The largest absolute Gasteiger partial charge is 0.481 e. The van der Waals surface area contributed by atoms with E-state index in [0.717, 1.165) is 39.1 Å². The molecule has 0 bridgehead atoms. The van der Waals surface area contributed by atoms with Crippen molar-refractivity contribution in [3.05, 3.63) is 0 Å². The zero-order valence-electron chi connectivity index (χ0n) is 35.2. The number of hydrogen-bond acceptors (Lipinski definition) is 3. The smallest absolute Gasteiger partial charge is 0.303 e. The Morgan fingerprint density at radius 1 is 0.392 bits per heavy atom. The van der Waals surface area contributed by atoms with Gasteiger partial charge in [0.15, 0.2) is 0 Å². The molecule has 0 amide bonds. The van der Waals surface area contributed by atoms with Crippen LogP contribution >= 0.6 is 0 Å². The number of rotatable bonds is 46.